The van der Waals surface area contributed by atoms with Gasteiger partial charge in [-0.25, -0.2) is 0 Å². The molecule has 4 rings (SSSR count). The summed E-state index contributed by atoms with van der Waals surface area (Å²) in [6.07, 6.45) is 2.95. The van der Waals surface area contributed by atoms with Gasteiger partial charge in [0, 0.05) is 42.2 Å². The van der Waals surface area contributed by atoms with Gasteiger partial charge in [-0.05, 0) is 23.8 Å². The van der Waals surface area contributed by atoms with Crippen LogP contribution >= 0.6 is 15.9 Å². The zero-order valence-electron chi connectivity index (χ0n) is 15.4. The van der Waals surface area contributed by atoms with Crippen molar-refractivity contribution in [1.29, 1.82) is 0 Å². The van der Waals surface area contributed by atoms with E-state index in [4.69, 9.17) is 9.47 Å². The SMILES string of the molecule is COC(CN1C(=O)c2[nH]nc(-c3ccc(Br)cc3)c2C1c1cccnc1)OC. The lowest BCUT2D eigenvalue weighted by atomic mass is 9.97. The molecule has 1 N–H and O–H groups in total. The lowest BCUT2D eigenvalue weighted by Gasteiger charge is -2.28. The molecule has 1 aliphatic rings. The zero-order chi connectivity index (χ0) is 19.7. The Morgan fingerprint density at radius 3 is 2.61 bits per heavy atom. The molecule has 0 saturated heterocycles. The predicted molar refractivity (Wildman–Crippen MR) is 107 cm³/mol. The first kappa shape index (κ1) is 18.8. The minimum absolute atomic E-state index is 0.140. The molecule has 3 heterocycles. The van der Waals surface area contributed by atoms with E-state index in [1.807, 2.05) is 36.4 Å². The summed E-state index contributed by atoms with van der Waals surface area (Å²) < 4.78 is 11.6. The molecule has 28 heavy (non-hydrogen) atoms. The van der Waals surface area contributed by atoms with Gasteiger partial charge in [0.1, 0.15) is 5.69 Å². The number of rotatable bonds is 6. The van der Waals surface area contributed by atoms with Crippen LogP contribution in [0.2, 0.25) is 0 Å². The fraction of sp³-hybridized carbons (Fsp3) is 0.250. The molecule has 2 aromatic heterocycles. The van der Waals surface area contributed by atoms with Crippen LogP contribution in [0.25, 0.3) is 11.3 Å². The Bertz CT molecular complexity index is 971. The zero-order valence-corrected chi connectivity index (χ0v) is 17.0. The number of amides is 1. The lowest BCUT2D eigenvalue weighted by molar-refractivity contribution is -0.113. The summed E-state index contributed by atoms with van der Waals surface area (Å²) >= 11 is 3.46. The lowest BCUT2D eigenvalue weighted by Crippen LogP contribution is -2.38. The largest absolute Gasteiger partial charge is 0.354 e. The summed E-state index contributed by atoms with van der Waals surface area (Å²) in [6, 6.07) is 11.3. The van der Waals surface area contributed by atoms with Gasteiger partial charge < -0.3 is 14.4 Å². The molecule has 0 saturated carbocycles. The number of fused-ring (bicyclic) bond motifs is 1. The molecular formula is C20H19BrN4O3. The van der Waals surface area contributed by atoms with Crippen molar-refractivity contribution in [1.82, 2.24) is 20.1 Å². The molecule has 7 nitrogen and oxygen atoms in total. The minimum atomic E-state index is -0.531. The summed E-state index contributed by atoms with van der Waals surface area (Å²) in [7, 11) is 3.11. The number of hydrogen-bond acceptors (Lipinski definition) is 5. The maximum Gasteiger partial charge on any atom is 0.273 e. The molecule has 1 aliphatic heterocycles. The number of aromatic amines is 1. The maximum atomic E-state index is 13.2. The minimum Gasteiger partial charge on any atom is -0.354 e. The van der Waals surface area contributed by atoms with E-state index in [0.29, 0.717) is 5.69 Å². The molecule has 0 bridgehead atoms. The van der Waals surface area contributed by atoms with Crippen LogP contribution in [-0.4, -0.2) is 53.0 Å². The van der Waals surface area contributed by atoms with Crippen LogP contribution in [0.1, 0.15) is 27.7 Å². The summed E-state index contributed by atoms with van der Waals surface area (Å²) in [5, 5.41) is 7.38. The number of methoxy groups -OCH3 is 2. The van der Waals surface area contributed by atoms with Crippen molar-refractivity contribution >= 4 is 21.8 Å². The summed E-state index contributed by atoms with van der Waals surface area (Å²) in [5.41, 5.74) is 3.90. The fourth-order valence-electron chi connectivity index (χ4n) is 3.50. The van der Waals surface area contributed by atoms with Crippen LogP contribution in [0.5, 0.6) is 0 Å². The summed E-state index contributed by atoms with van der Waals surface area (Å²) in [6.45, 7) is 0.285. The van der Waals surface area contributed by atoms with E-state index in [2.05, 4.69) is 31.1 Å². The monoisotopic (exact) mass is 442 g/mol. The Morgan fingerprint density at radius 2 is 1.96 bits per heavy atom. The van der Waals surface area contributed by atoms with Crippen LogP contribution in [0.15, 0.2) is 53.3 Å². The second-order valence-electron chi connectivity index (χ2n) is 6.42. The van der Waals surface area contributed by atoms with Crippen LogP contribution < -0.4 is 0 Å². The van der Waals surface area contributed by atoms with Crippen LogP contribution in [0.4, 0.5) is 0 Å². The molecule has 1 unspecified atom stereocenters. The first-order valence-electron chi connectivity index (χ1n) is 8.74. The highest BCUT2D eigenvalue weighted by atomic mass is 79.9. The number of H-pyrrole nitrogens is 1. The van der Waals surface area contributed by atoms with Crippen molar-refractivity contribution in [2.75, 3.05) is 20.8 Å². The fourth-order valence-corrected chi connectivity index (χ4v) is 3.77. The molecule has 1 amide bonds. The normalized spacial score (nSPS) is 16.1. The van der Waals surface area contributed by atoms with Crippen molar-refractivity contribution < 1.29 is 14.3 Å². The number of nitrogens with one attached hydrogen (secondary N) is 1. The first-order chi connectivity index (χ1) is 13.6. The Morgan fingerprint density at radius 1 is 1.21 bits per heavy atom. The molecule has 0 radical (unpaired) electrons. The number of ether oxygens (including phenoxy) is 2. The van der Waals surface area contributed by atoms with Crippen molar-refractivity contribution in [2.24, 2.45) is 0 Å². The van der Waals surface area contributed by atoms with Crippen molar-refractivity contribution in [3.8, 4) is 11.3 Å². The van der Waals surface area contributed by atoms with Crippen LogP contribution in [0.3, 0.4) is 0 Å². The number of carbonyl (C=O) groups is 1. The topological polar surface area (TPSA) is 80.3 Å². The number of carbonyl (C=O) groups excluding carboxylic acids is 1. The number of pyridine rings is 1. The van der Waals surface area contributed by atoms with Gasteiger partial charge in [0.15, 0.2) is 6.29 Å². The van der Waals surface area contributed by atoms with Gasteiger partial charge in [-0.1, -0.05) is 34.1 Å². The van der Waals surface area contributed by atoms with Crippen LogP contribution in [-0.2, 0) is 9.47 Å². The number of nitrogens with zero attached hydrogens (tertiary/aromatic N) is 3. The Labute approximate surface area is 170 Å². The standard InChI is InChI=1S/C20H19BrN4O3/c1-27-15(28-2)11-25-19(13-4-3-9-22-10-13)16-17(23-24-18(16)20(25)26)12-5-7-14(21)8-6-12/h3-10,15,19H,11H2,1-2H3,(H,23,24). The molecule has 0 spiro atoms. The van der Waals surface area contributed by atoms with Gasteiger partial charge >= 0.3 is 0 Å². The van der Waals surface area contributed by atoms with Gasteiger partial charge in [0.25, 0.3) is 5.91 Å². The molecule has 144 valence electrons. The Hall–Kier alpha value is -2.55. The van der Waals surface area contributed by atoms with E-state index in [0.717, 1.165) is 26.9 Å². The Balaban J connectivity index is 1.83. The third kappa shape index (κ3) is 3.23. The third-order valence-corrected chi connectivity index (χ3v) is 5.38. The van der Waals surface area contributed by atoms with Crippen LogP contribution in [0, 0.1) is 0 Å². The molecule has 3 aromatic rings. The highest BCUT2D eigenvalue weighted by Crippen LogP contribution is 2.42. The highest BCUT2D eigenvalue weighted by molar-refractivity contribution is 9.10. The first-order valence-corrected chi connectivity index (χ1v) is 9.54. The highest BCUT2D eigenvalue weighted by Gasteiger charge is 2.43. The number of hydrogen-bond donors (Lipinski definition) is 1. The third-order valence-electron chi connectivity index (χ3n) is 4.85. The number of benzene rings is 1. The van der Waals surface area contributed by atoms with Crippen molar-refractivity contribution in [3.63, 3.8) is 0 Å². The van der Waals surface area contributed by atoms with Gasteiger partial charge in [-0.15, -0.1) is 0 Å². The molecule has 1 atom stereocenters. The van der Waals surface area contributed by atoms with Crippen molar-refractivity contribution in [3.05, 3.63) is 70.1 Å². The predicted octanol–water partition coefficient (Wildman–Crippen LogP) is 3.40. The van der Waals surface area contributed by atoms with E-state index >= 15 is 0 Å². The summed E-state index contributed by atoms with van der Waals surface area (Å²) in [5.74, 6) is -0.140. The average Bonchev–Trinajstić information content (AvgIpc) is 3.26. The number of aromatic nitrogens is 3. The van der Waals surface area contributed by atoms with E-state index in [1.165, 1.54) is 0 Å². The van der Waals surface area contributed by atoms with Crippen molar-refractivity contribution in [2.45, 2.75) is 12.3 Å². The molecule has 8 heteroatoms. The smallest absolute Gasteiger partial charge is 0.273 e. The quantitative estimate of drug-likeness (QED) is 0.591. The van der Waals surface area contributed by atoms with E-state index in [-0.39, 0.29) is 18.5 Å². The average molecular weight is 443 g/mol. The Kier molecular flexibility index (Phi) is 5.25. The molecule has 0 fully saturated rings. The summed E-state index contributed by atoms with van der Waals surface area (Å²) in [4.78, 5) is 19.1. The molecular weight excluding hydrogens is 424 g/mol. The van der Waals surface area contributed by atoms with E-state index in [1.54, 1.807) is 31.5 Å². The second kappa shape index (κ2) is 7.83. The number of halogens is 1. The second-order valence-corrected chi connectivity index (χ2v) is 7.33. The maximum absolute atomic E-state index is 13.2. The van der Waals surface area contributed by atoms with Gasteiger partial charge in [0.05, 0.1) is 18.3 Å². The van der Waals surface area contributed by atoms with Gasteiger partial charge in [-0.2, -0.15) is 5.10 Å². The van der Waals surface area contributed by atoms with E-state index < -0.39 is 6.29 Å². The molecule has 0 aliphatic carbocycles. The van der Waals surface area contributed by atoms with E-state index in [9.17, 15) is 4.79 Å². The van der Waals surface area contributed by atoms with Gasteiger partial charge in [0.2, 0.25) is 0 Å². The molecule has 1 aromatic carbocycles. The van der Waals surface area contributed by atoms with Gasteiger partial charge in [-0.3, -0.25) is 14.9 Å².